The van der Waals surface area contributed by atoms with E-state index in [1.807, 2.05) is 6.07 Å². The third-order valence-corrected chi connectivity index (χ3v) is 5.98. The van der Waals surface area contributed by atoms with Gasteiger partial charge in [-0.15, -0.1) is 0 Å². The predicted octanol–water partition coefficient (Wildman–Crippen LogP) is 2.57. The standard InChI is InChI=1S/C17H22Cl2N2O3S/c1-24-16(23)17(9-11-3-2-4-12(18)14(11)19)5-7-21(8-6-17)15(22)13(20)10-25/h2-4,13,25H,5-10,20H2,1H3/t13-/m0/s1. The molecule has 0 aliphatic carbocycles. The highest BCUT2D eigenvalue weighted by Gasteiger charge is 2.44. The van der Waals surface area contributed by atoms with Crippen molar-refractivity contribution in [3.63, 3.8) is 0 Å². The van der Waals surface area contributed by atoms with Crippen LogP contribution < -0.4 is 5.73 Å². The zero-order valence-electron chi connectivity index (χ0n) is 14.0. The third-order valence-electron chi connectivity index (χ3n) is 4.72. The molecule has 0 saturated carbocycles. The maximum atomic E-state index is 12.5. The molecule has 1 aliphatic heterocycles. The Morgan fingerprint density at radius 1 is 1.36 bits per heavy atom. The van der Waals surface area contributed by atoms with E-state index in [0.717, 1.165) is 5.56 Å². The third kappa shape index (κ3) is 4.42. The van der Waals surface area contributed by atoms with Gasteiger partial charge in [0.1, 0.15) is 0 Å². The summed E-state index contributed by atoms with van der Waals surface area (Å²) in [6.07, 6.45) is 1.38. The van der Waals surface area contributed by atoms with Crippen molar-refractivity contribution in [2.45, 2.75) is 25.3 Å². The number of likely N-dealkylation sites (tertiary alicyclic amines) is 1. The van der Waals surface area contributed by atoms with Crippen LogP contribution in [-0.4, -0.2) is 48.8 Å². The fourth-order valence-electron chi connectivity index (χ4n) is 3.19. The van der Waals surface area contributed by atoms with Crippen LogP contribution in [0.5, 0.6) is 0 Å². The van der Waals surface area contributed by atoms with Gasteiger partial charge < -0.3 is 15.4 Å². The van der Waals surface area contributed by atoms with E-state index in [0.29, 0.717) is 42.4 Å². The van der Waals surface area contributed by atoms with Crippen LogP contribution >= 0.6 is 35.8 Å². The number of halogens is 2. The number of carbonyl (C=O) groups excluding carboxylic acids is 2. The van der Waals surface area contributed by atoms with E-state index < -0.39 is 11.5 Å². The molecule has 1 fully saturated rings. The van der Waals surface area contributed by atoms with Crippen molar-refractivity contribution in [2.75, 3.05) is 26.0 Å². The first-order valence-electron chi connectivity index (χ1n) is 8.01. The summed E-state index contributed by atoms with van der Waals surface area (Å²) >= 11 is 16.4. The van der Waals surface area contributed by atoms with Gasteiger partial charge in [0.15, 0.2) is 0 Å². The minimum atomic E-state index is -0.731. The number of rotatable bonds is 5. The molecule has 0 bridgehead atoms. The molecular formula is C17H22Cl2N2O3S. The number of amides is 1. The second kappa shape index (κ2) is 8.62. The van der Waals surface area contributed by atoms with Gasteiger partial charge in [-0.25, -0.2) is 0 Å². The van der Waals surface area contributed by atoms with Crippen molar-refractivity contribution in [1.29, 1.82) is 0 Å². The summed E-state index contributed by atoms with van der Waals surface area (Å²) in [5, 5.41) is 0.898. The number of esters is 1. The molecule has 1 amide bonds. The smallest absolute Gasteiger partial charge is 0.312 e. The maximum Gasteiger partial charge on any atom is 0.312 e. The molecule has 8 heteroatoms. The lowest BCUT2D eigenvalue weighted by Gasteiger charge is -2.40. The Morgan fingerprint density at radius 3 is 2.56 bits per heavy atom. The van der Waals surface area contributed by atoms with Gasteiger partial charge in [0.25, 0.3) is 0 Å². The fourth-order valence-corrected chi connectivity index (χ4v) is 3.73. The largest absolute Gasteiger partial charge is 0.469 e. The summed E-state index contributed by atoms with van der Waals surface area (Å²) in [5.74, 6) is -0.154. The molecule has 1 aromatic carbocycles. The molecule has 1 aromatic rings. The number of hydrogen-bond acceptors (Lipinski definition) is 5. The molecule has 1 aliphatic rings. The lowest BCUT2D eigenvalue weighted by atomic mass is 9.73. The highest BCUT2D eigenvalue weighted by molar-refractivity contribution is 7.80. The Kier molecular flexibility index (Phi) is 7.02. The van der Waals surface area contributed by atoms with E-state index in [4.69, 9.17) is 33.7 Å². The van der Waals surface area contributed by atoms with E-state index in [1.54, 1.807) is 17.0 Å². The zero-order valence-corrected chi connectivity index (χ0v) is 16.4. The summed E-state index contributed by atoms with van der Waals surface area (Å²) in [6, 6.07) is 4.74. The molecule has 0 radical (unpaired) electrons. The van der Waals surface area contributed by atoms with Crippen LogP contribution in [0, 0.1) is 5.41 Å². The Hall–Kier alpha value is -0.950. The van der Waals surface area contributed by atoms with Crippen LogP contribution in [0.1, 0.15) is 18.4 Å². The Labute approximate surface area is 163 Å². The lowest BCUT2D eigenvalue weighted by Crippen LogP contribution is -2.52. The van der Waals surface area contributed by atoms with Crippen molar-refractivity contribution in [3.8, 4) is 0 Å². The average molecular weight is 405 g/mol. The van der Waals surface area contributed by atoms with Crippen molar-refractivity contribution >= 4 is 47.7 Å². The SMILES string of the molecule is COC(=O)C1(Cc2cccc(Cl)c2Cl)CCN(C(=O)[C@@H](N)CS)CC1. The summed E-state index contributed by atoms with van der Waals surface area (Å²) < 4.78 is 5.04. The lowest BCUT2D eigenvalue weighted by molar-refractivity contribution is -0.157. The van der Waals surface area contributed by atoms with Gasteiger partial charge in [-0.3, -0.25) is 9.59 Å². The number of nitrogens with zero attached hydrogens (tertiary/aromatic N) is 1. The number of hydrogen-bond donors (Lipinski definition) is 2. The maximum absolute atomic E-state index is 12.5. The first-order valence-corrected chi connectivity index (χ1v) is 9.40. The first-order chi connectivity index (χ1) is 11.8. The van der Waals surface area contributed by atoms with Crippen LogP contribution in [-0.2, 0) is 20.7 Å². The summed E-state index contributed by atoms with van der Waals surface area (Å²) in [7, 11) is 1.37. The van der Waals surface area contributed by atoms with E-state index in [-0.39, 0.29) is 17.6 Å². The van der Waals surface area contributed by atoms with Crippen LogP contribution in [0.4, 0.5) is 0 Å². The van der Waals surface area contributed by atoms with Crippen LogP contribution in [0.2, 0.25) is 10.0 Å². The van der Waals surface area contributed by atoms with Gasteiger partial charge in [-0.2, -0.15) is 12.6 Å². The molecule has 0 spiro atoms. The Morgan fingerprint density at radius 2 is 2.00 bits per heavy atom. The number of ether oxygens (including phenoxy) is 1. The highest BCUT2D eigenvalue weighted by atomic mass is 35.5. The van der Waals surface area contributed by atoms with Gasteiger partial charge in [0, 0.05) is 18.8 Å². The number of thiol groups is 1. The zero-order chi connectivity index (χ0) is 18.6. The molecular weight excluding hydrogens is 383 g/mol. The van der Waals surface area contributed by atoms with Crippen molar-refractivity contribution < 1.29 is 14.3 Å². The van der Waals surface area contributed by atoms with E-state index in [9.17, 15) is 9.59 Å². The van der Waals surface area contributed by atoms with E-state index in [1.165, 1.54) is 7.11 Å². The molecule has 5 nitrogen and oxygen atoms in total. The Balaban J connectivity index is 2.20. The summed E-state index contributed by atoms with van der Waals surface area (Å²) in [4.78, 5) is 26.4. The molecule has 2 rings (SSSR count). The Bertz CT molecular complexity index is 649. The van der Waals surface area contributed by atoms with Gasteiger partial charge in [-0.05, 0) is 30.9 Å². The summed E-state index contributed by atoms with van der Waals surface area (Å²) in [6.45, 7) is 0.876. The molecule has 1 saturated heterocycles. The number of benzene rings is 1. The van der Waals surface area contributed by atoms with Crippen molar-refractivity contribution in [3.05, 3.63) is 33.8 Å². The molecule has 138 valence electrons. The van der Waals surface area contributed by atoms with Crippen molar-refractivity contribution in [2.24, 2.45) is 11.1 Å². The second-order valence-electron chi connectivity index (χ2n) is 6.28. The number of carbonyl (C=O) groups is 2. The van der Waals surface area contributed by atoms with E-state index >= 15 is 0 Å². The van der Waals surface area contributed by atoms with Crippen LogP contribution in [0.15, 0.2) is 18.2 Å². The topological polar surface area (TPSA) is 72.6 Å². The number of methoxy groups -OCH3 is 1. The second-order valence-corrected chi connectivity index (χ2v) is 7.43. The van der Waals surface area contributed by atoms with Gasteiger partial charge in [0.05, 0.1) is 28.6 Å². The molecule has 1 heterocycles. The van der Waals surface area contributed by atoms with Gasteiger partial charge >= 0.3 is 5.97 Å². The van der Waals surface area contributed by atoms with Crippen LogP contribution in [0.3, 0.4) is 0 Å². The average Bonchev–Trinajstić information content (AvgIpc) is 2.64. The number of nitrogens with two attached hydrogens (primary N) is 1. The molecule has 0 unspecified atom stereocenters. The minimum Gasteiger partial charge on any atom is -0.469 e. The quantitative estimate of drug-likeness (QED) is 0.584. The van der Waals surface area contributed by atoms with Gasteiger partial charge in [-0.1, -0.05) is 35.3 Å². The normalized spacial score (nSPS) is 17.9. The monoisotopic (exact) mass is 404 g/mol. The molecule has 1 atom stereocenters. The van der Waals surface area contributed by atoms with Crippen molar-refractivity contribution in [1.82, 2.24) is 4.90 Å². The highest BCUT2D eigenvalue weighted by Crippen LogP contribution is 2.39. The summed E-state index contributed by atoms with van der Waals surface area (Å²) in [5.41, 5.74) is 5.84. The first kappa shape index (κ1) is 20.4. The predicted molar refractivity (Wildman–Crippen MR) is 102 cm³/mol. The molecule has 0 aromatic heterocycles. The molecule has 25 heavy (non-hydrogen) atoms. The minimum absolute atomic E-state index is 0.144. The van der Waals surface area contributed by atoms with E-state index in [2.05, 4.69) is 12.6 Å². The molecule has 2 N–H and O–H groups in total. The van der Waals surface area contributed by atoms with Gasteiger partial charge in [0.2, 0.25) is 5.91 Å². The van der Waals surface area contributed by atoms with Crippen LogP contribution in [0.25, 0.3) is 0 Å². The number of piperidine rings is 1. The fraction of sp³-hybridized carbons (Fsp3) is 0.529.